The molecule has 0 bridgehead atoms. The molecule has 7 nitrogen and oxygen atoms in total. The van der Waals surface area contributed by atoms with E-state index in [2.05, 4.69) is 16.0 Å². The minimum atomic E-state index is 0.250. The fourth-order valence-corrected chi connectivity index (χ4v) is 3.27. The third-order valence-electron chi connectivity index (χ3n) is 4.71. The number of ether oxygens (including phenoxy) is 2. The number of pyridine rings is 2. The van der Waals surface area contributed by atoms with Gasteiger partial charge in [0.1, 0.15) is 0 Å². The molecule has 0 spiro atoms. The number of hydrogen-bond donors (Lipinski definition) is 3. The number of anilines is 2. The molecular formula is C22H32N4O3. The van der Waals surface area contributed by atoms with Crippen LogP contribution in [0, 0.1) is 0 Å². The van der Waals surface area contributed by atoms with Gasteiger partial charge in [-0.3, -0.25) is 9.97 Å². The van der Waals surface area contributed by atoms with E-state index < -0.39 is 0 Å². The molecule has 0 aromatic carbocycles. The Bertz CT molecular complexity index is 761. The number of nitrogens with zero attached hydrogens (tertiary/aromatic N) is 2. The molecule has 0 saturated carbocycles. The highest BCUT2D eigenvalue weighted by atomic mass is 16.5. The van der Waals surface area contributed by atoms with E-state index in [0.29, 0.717) is 12.5 Å². The zero-order valence-corrected chi connectivity index (χ0v) is 17.1. The van der Waals surface area contributed by atoms with Crippen molar-refractivity contribution in [1.82, 2.24) is 9.97 Å². The predicted octanol–water partition coefficient (Wildman–Crippen LogP) is 3.02. The summed E-state index contributed by atoms with van der Waals surface area (Å²) in [5, 5.41) is 7.57. The Morgan fingerprint density at radius 1 is 1.00 bits per heavy atom. The van der Waals surface area contributed by atoms with Crippen LogP contribution in [-0.2, 0) is 9.47 Å². The van der Waals surface area contributed by atoms with Gasteiger partial charge in [-0.25, -0.2) is 0 Å². The lowest BCUT2D eigenvalue weighted by Gasteiger charge is -2.23. The van der Waals surface area contributed by atoms with Gasteiger partial charge >= 0.3 is 0 Å². The Hall–Kier alpha value is -2.48. The second-order valence-electron chi connectivity index (χ2n) is 6.72. The molecule has 0 amide bonds. The molecule has 0 radical (unpaired) electrons. The highest BCUT2D eigenvalue weighted by Gasteiger charge is 2.17. The quantitative estimate of drug-likeness (QED) is 0.709. The number of aliphatic hydroxyl groups is 1. The molecule has 2 aliphatic heterocycles. The highest BCUT2D eigenvalue weighted by molar-refractivity contribution is 5.74. The minimum absolute atomic E-state index is 0.250. The van der Waals surface area contributed by atoms with Crippen molar-refractivity contribution in [2.24, 2.45) is 0 Å². The molecule has 0 unspecified atom stereocenters. The monoisotopic (exact) mass is 400 g/mol. The topological polar surface area (TPSA) is 117 Å². The van der Waals surface area contributed by atoms with Gasteiger partial charge in [-0.2, -0.15) is 0 Å². The average molecular weight is 401 g/mol. The Kier molecular flexibility index (Phi) is 10.1. The summed E-state index contributed by atoms with van der Waals surface area (Å²) in [6, 6.07) is 3.97. The SMILES string of the molecule is CCO.Nc1cnccc1C1=CCOCC1.Nc1cnccc1C1CCOCC1. The molecule has 0 aliphatic carbocycles. The maximum atomic E-state index is 7.57. The minimum Gasteiger partial charge on any atom is -0.397 e. The summed E-state index contributed by atoms with van der Waals surface area (Å²) in [5.41, 5.74) is 16.8. The Balaban J connectivity index is 0.000000183. The summed E-state index contributed by atoms with van der Waals surface area (Å²) >= 11 is 0. The van der Waals surface area contributed by atoms with Gasteiger partial charge in [0.15, 0.2) is 0 Å². The van der Waals surface area contributed by atoms with E-state index in [1.165, 1.54) is 11.1 Å². The van der Waals surface area contributed by atoms with Crippen LogP contribution in [-0.4, -0.2) is 48.1 Å². The van der Waals surface area contributed by atoms with Gasteiger partial charge in [-0.15, -0.1) is 0 Å². The van der Waals surface area contributed by atoms with Crippen LogP contribution in [0.5, 0.6) is 0 Å². The van der Waals surface area contributed by atoms with Crippen LogP contribution in [0.1, 0.15) is 43.2 Å². The van der Waals surface area contributed by atoms with Gasteiger partial charge in [0.05, 0.1) is 37.0 Å². The first-order chi connectivity index (χ1) is 14.2. The number of nitrogen functional groups attached to an aromatic ring is 2. The molecule has 1 saturated heterocycles. The van der Waals surface area contributed by atoms with E-state index in [4.69, 9.17) is 26.0 Å². The molecule has 4 rings (SSSR count). The van der Waals surface area contributed by atoms with E-state index in [1.807, 2.05) is 12.1 Å². The molecule has 2 aliphatic rings. The third kappa shape index (κ3) is 7.45. The van der Waals surface area contributed by atoms with Gasteiger partial charge in [0.2, 0.25) is 0 Å². The Morgan fingerprint density at radius 3 is 2.24 bits per heavy atom. The number of aromatic nitrogens is 2. The Labute approximate surface area is 172 Å². The van der Waals surface area contributed by atoms with Gasteiger partial charge < -0.3 is 26.0 Å². The van der Waals surface area contributed by atoms with Crippen molar-refractivity contribution >= 4 is 16.9 Å². The molecule has 0 atom stereocenters. The molecular weight excluding hydrogens is 368 g/mol. The van der Waals surface area contributed by atoms with Gasteiger partial charge in [-0.1, -0.05) is 6.08 Å². The third-order valence-corrected chi connectivity index (χ3v) is 4.71. The van der Waals surface area contributed by atoms with Crippen molar-refractivity contribution < 1.29 is 14.6 Å². The van der Waals surface area contributed by atoms with Crippen molar-refractivity contribution in [3.05, 3.63) is 54.1 Å². The number of nitrogens with two attached hydrogens (primary N) is 2. The summed E-state index contributed by atoms with van der Waals surface area (Å²) in [4.78, 5) is 7.94. The predicted molar refractivity (Wildman–Crippen MR) is 116 cm³/mol. The molecule has 2 aromatic heterocycles. The van der Waals surface area contributed by atoms with Crippen LogP contribution in [0.15, 0.2) is 43.0 Å². The summed E-state index contributed by atoms with van der Waals surface area (Å²) in [6.45, 7) is 5.11. The van der Waals surface area contributed by atoms with Crippen LogP contribution < -0.4 is 11.5 Å². The second-order valence-corrected chi connectivity index (χ2v) is 6.72. The van der Waals surface area contributed by atoms with Gasteiger partial charge in [0, 0.05) is 37.8 Å². The summed E-state index contributed by atoms with van der Waals surface area (Å²) in [7, 11) is 0. The maximum Gasteiger partial charge on any atom is 0.0653 e. The van der Waals surface area contributed by atoms with E-state index in [0.717, 1.165) is 56.0 Å². The smallest absolute Gasteiger partial charge is 0.0653 e. The molecule has 7 heteroatoms. The van der Waals surface area contributed by atoms with Crippen molar-refractivity contribution in [3.63, 3.8) is 0 Å². The van der Waals surface area contributed by atoms with Crippen molar-refractivity contribution in [2.75, 3.05) is 44.5 Å². The van der Waals surface area contributed by atoms with Crippen LogP contribution >= 0.6 is 0 Å². The van der Waals surface area contributed by atoms with E-state index in [9.17, 15) is 0 Å². The van der Waals surface area contributed by atoms with E-state index >= 15 is 0 Å². The van der Waals surface area contributed by atoms with Gasteiger partial charge in [0.25, 0.3) is 0 Å². The lowest BCUT2D eigenvalue weighted by Crippen LogP contribution is -2.15. The zero-order chi connectivity index (χ0) is 20.9. The molecule has 5 N–H and O–H groups in total. The lowest BCUT2D eigenvalue weighted by atomic mass is 9.91. The fourth-order valence-electron chi connectivity index (χ4n) is 3.27. The van der Waals surface area contributed by atoms with E-state index in [-0.39, 0.29) is 6.61 Å². The van der Waals surface area contributed by atoms with Crippen LogP contribution in [0.25, 0.3) is 5.57 Å². The van der Waals surface area contributed by atoms with Crippen LogP contribution in [0.4, 0.5) is 11.4 Å². The van der Waals surface area contributed by atoms with Gasteiger partial charge in [-0.05, 0) is 55.4 Å². The largest absolute Gasteiger partial charge is 0.397 e. The summed E-state index contributed by atoms with van der Waals surface area (Å²) in [5.74, 6) is 0.566. The highest BCUT2D eigenvalue weighted by Crippen LogP contribution is 2.29. The molecule has 4 heterocycles. The summed E-state index contributed by atoms with van der Waals surface area (Å²) in [6.07, 6.45) is 12.2. The standard InChI is InChI=1S/C10H14N2O.C10H12N2O.C2H6O/c2*11-10-7-12-4-1-9(10)8-2-5-13-6-3-8;1-2-3/h1,4,7-8H,2-3,5-6,11H2;1-2,4,7H,3,5-6,11H2;3H,2H2,1H3. The number of rotatable bonds is 2. The first-order valence-corrected chi connectivity index (χ1v) is 10.0. The average Bonchev–Trinajstić information content (AvgIpc) is 2.77. The van der Waals surface area contributed by atoms with Crippen LogP contribution in [0.2, 0.25) is 0 Å². The lowest BCUT2D eigenvalue weighted by molar-refractivity contribution is 0.0854. The van der Waals surface area contributed by atoms with Crippen molar-refractivity contribution in [1.29, 1.82) is 0 Å². The van der Waals surface area contributed by atoms with Crippen molar-refractivity contribution in [2.45, 2.75) is 32.1 Å². The first-order valence-electron chi connectivity index (χ1n) is 10.0. The fraction of sp³-hybridized carbons (Fsp3) is 0.455. The molecule has 2 aromatic rings. The molecule has 1 fully saturated rings. The van der Waals surface area contributed by atoms with E-state index in [1.54, 1.807) is 31.7 Å². The second kappa shape index (κ2) is 12.9. The first kappa shape index (κ1) is 22.8. The summed E-state index contributed by atoms with van der Waals surface area (Å²) < 4.78 is 10.5. The normalized spacial score (nSPS) is 16.6. The zero-order valence-electron chi connectivity index (χ0n) is 17.1. The molecule has 29 heavy (non-hydrogen) atoms. The molecule has 158 valence electrons. The maximum absolute atomic E-state index is 7.57. The number of hydrogen-bond acceptors (Lipinski definition) is 7. The van der Waals surface area contributed by atoms with Crippen molar-refractivity contribution in [3.8, 4) is 0 Å². The van der Waals surface area contributed by atoms with Crippen LogP contribution in [0.3, 0.4) is 0 Å². The number of aliphatic hydroxyl groups excluding tert-OH is 1. The Morgan fingerprint density at radius 2 is 1.66 bits per heavy atom.